The van der Waals surface area contributed by atoms with E-state index >= 15 is 0 Å². The Morgan fingerprint density at radius 1 is 0.900 bits per heavy atom. The average Bonchev–Trinajstić information content (AvgIpc) is 3.06. The molecule has 0 saturated carbocycles. The Hall–Kier alpha value is -3.09. The maximum atomic E-state index is 13.1. The van der Waals surface area contributed by atoms with Gasteiger partial charge in [-0.1, -0.05) is 0 Å². The fourth-order valence-corrected chi connectivity index (χ4v) is 3.07. The van der Waals surface area contributed by atoms with E-state index in [4.69, 9.17) is 0 Å². The van der Waals surface area contributed by atoms with Gasteiger partial charge in [0.15, 0.2) is 15.7 Å². The molecule has 0 amide bonds. The SMILES string of the molecule is CS(=O)(=O)c1ccc(-n2nc(C(F)(F)F)nc2-c2ccc(OC(F)(F)F)cc2)cc1. The Kier molecular flexibility index (Phi) is 5.26. The minimum absolute atomic E-state index is 0.0275. The maximum absolute atomic E-state index is 13.1. The first-order valence-corrected chi connectivity index (χ1v) is 9.84. The van der Waals surface area contributed by atoms with Crippen LogP contribution >= 0.6 is 0 Å². The Morgan fingerprint density at radius 2 is 1.47 bits per heavy atom. The molecule has 3 aromatic rings. The van der Waals surface area contributed by atoms with E-state index in [-0.39, 0.29) is 22.0 Å². The number of rotatable bonds is 4. The summed E-state index contributed by atoms with van der Waals surface area (Å²) in [5.74, 6) is -2.35. The summed E-state index contributed by atoms with van der Waals surface area (Å²) in [7, 11) is -3.53. The van der Waals surface area contributed by atoms with Gasteiger partial charge in [0.1, 0.15) is 5.75 Å². The average molecular weight is 451 g/mol. The summed E-state index contributed by atoms with van der Waals surface area (Å²) in [4.78, 5) is 3.39. The standard InChI is InChI=1S/C17H11F6N3O3S/c1-30(27,28)13-8-4-11(5-9-13)26-14(24-15(25-26)16(18,19)20)10-2-6-12(7-3-10)29-17(21,22)23/h2-9H,1H3. The summed E-state index contributed by atoms with van der Waals surface area (Å²) < 4.78 is 104. The predicted octanol–water partition coefficient (Wildman–Crippen LogP) is 4.26. The summed E-state index contributed by atoms with van der Waals surface area (Å²) in [5.41, 5.74) is 0.0933. The zero-order valence-corrected chi connectivity index (χ0v) is 15.7. The number of sulfone groups is 1. The Morgan fingerprint density at radius 3 is 1.93 bits per heavy atom. The van der Waals surface area contributed by atoms with Crippen molar-refractivity contribution in [3.8, 4) is 22.8 Å². The van der Waals surface area contributed by atoms with Crippen molar-refractivity contribution in [1.29, 1.82) is 0 Å². The molecule has 1 aromatic heterocycles. The molecule has 0 aliphatic heterocycles. The van der Waals surface area contributed by atoms with Crippen LogP contribution in [0.1, 0.15) is 5.82 Å². The molecule has 30 heavy (non-hydrogen) atoms. The molecule has 0 saturated heterocycles. The number of hydrogen-bond acceptors (Lipinski definition) is 5. The molecule has 1 heterocycles. The lowest BCUT2D eigenvalue weighted by molar-refractivity contribution is -0.274. The Labute approximate surface area is 165 Å². The van der Waals surface area contributed by atoms with E-state index in [1.165, 1.54) is 24.3 Å². The highest BCUT2D eigenvalue weighted by molar-refractivity contribution is 7.90. The van der Waals surface area contributed by atoms with Crippen molar-refractivity contribution >= 4 is 9.84 Å². The van der Waals surface area contributed by atoms with Gasteiger partial charge < -0.3 is 4.74 Å². The minimum Gasteiger partial charge on any atom is -0.406 e. The first-order valence-electron chi connectivity index (χ1n) is 7.95. The van der Waals surface area contributed by atoms with Gasteiger partial charge in [-0.25, -0.2) is 18.1 Å². The van der Waals surface area contributed by atoms with Gasteiger partial charge >= 0.3 is 12.5 Å². The van der Waals surface area contributed by atoms with E-state index in [1.807, 2.05) is 0 Å². The van der Waals surface area contributed by atoms with Gasteiger partial charge in [-0.05, 0) is 48.5 Å². The van der Waals surface area contributed by atoms with Gasteiger partial charge in [0.2, 0.25) is 0 Å². The Balaban J connectivity index is 2.07. The van der Waals surface area contributed by atoms with E-state index in [9.17, 15) is 34.8 Å². The van der Waals surface area contributed by atoms with Crippen LogP contribution in [0.15, 0.2) is 53.4 Å². The highest BCUT2D eigenvalue weighted by atomic mass is 32.2. The van der Waals surface area contributed by atoms with Gasteiger partial charge in [0.05, 0.1) is 10.6 Å². The number of ether oxygens (including phenoxy) is 1. The van der Waals surface area contributed by atoms with Crippen LogP contribution < -0.4 is 4.74 Å². The van der Waals surface area contributed by atoms with Gasteiger partial charge in [-0.2, -0.15) is 13.2 Å². The van der Waals surface area contributed by atoms with Gasteiger partial charge in [0.25, 0.3) is 5.82 Å². The second kappa shape index (κ2) is 7.31. The Bertz CT molecular complexity index is 1150. The third-order valence-electron chi connectivity index (χ3n) is 3.72. The summed E-state index contributed by atoms with van der Waals surface area (Å²) in [6.07, 6.45) is -8.84. The number of alkyl halides is 6. The van der Waals surface area contributed by atoms with Crippen LogP contribution in [0.4, 0.5) is 26.3 Å². The molecule has 0 aliphatic carbocycles. The second-order valence-electron chi connectivity index (χ2n) is 6.01. The summed E-state index contributed by atoms with van der Waals surface area (Å²) in [6, 6.07) is 8.85. The maximum Gasteiger partial charge on any atom is 0.573 e. The molecule has 2 aromatic carbocycles. The predicted molar refractivity (Wildman–Crippen MR) is 91.6 cm³/mol. The molecule has 160 valence electrons. The van der Waals surface area contributed by atoms with Crippen molar-refractivity contribution < 1.29 is 39.5 Å². The zero-order valence-electron chi connectivity index (χ0n) is 14.9. The lowest BCUT2D eigenvalue weighted by atomic mass is 10.2. The van der Waals surface area contributed by atoms with Crippen LogP contribution in [0.2, 0.25) is 0 Å². The topological polar surface area (TPSA) is 74.1 Å². The molecule has 0 bridgehead atoms. The molecule has 0 unspecified atom stereocenters. The van der Waals surface area contributed by atoms with Crippen molar-refractivity contribution in [3.05, 3.63) is 54.4 Å². The quantitative estimate of drug-likeness (QED) is 0.555. The molecular formula is C17H11F6N3O3S. The van der Waals surface area contributed by atoms with Crippen LogP contribution in [-0.2, 0) is 16.0 Å². The monoisotopic (exact) mass is 451 g/mol. The van der Waals surface area contributed by atoms with E-state index in [1.54, 1.807) is 0 Å². The van der Waals surface area contributed by atoms with Crippen molar-refractivity contribution in [2.24, 2.45) is 0 Å². The summed E-state index contributed by atoms with van der Waals surface area (Å²) >= 11 is 0. The largest absolute Gasteiger partial charge is 0.573 e. The number of halogens is 6. The van der Waals surface area contributed by atoms with Crippen molar-refractivity contribution in [2.75, 3.05) is 6.26 Å². The number of benzene rings is 2. The van der Waals surface area contributed by atoms with Crippen LogP contribution in [0.3, 0.4) is 0 Å². The summed E-state index contributed by atoms with van der Waals surface area (Å²) in [5, 5.41) is 3.42. The fourth-order valence-electron chi connectivity index (χ4n) is 2.44. The first kappa shape index (κ1) is 21.6. The number of aromatic nitrogens is 3. The van der Waals surface area contributed by atoms with Crippen LogP contribution in [-0.4, -0.2) is 35.8 Å². The first-order chi connectivity index (χ1) is 13.7. The number of nitrogens with zero attached hydrogens (tertiary/aromatic N) is 3. The fraction of sp³-hybridized carbons (Fsp3) is 0.176. The van der Waals surface area contributed by atoms with E-state index in [0.29, 0.717) is 0 Å². The molecule has 0 fully saturated rings. The number of hydrogen-bond donors (Lipinski definition) is 0. The lowest BCUT2D eigenvalue weighted by Crippen LogP contribution is -2.16. The third kappa shape index (κ3) is 4.90. The van der Waals surface area contributed by atoms with E-state index in [2.05, 4.69) is 14.8 Å². The molecule has 13 heteroatoms. The molecule has 0 aliphatic rings. The lowest BCUT2D eigenvalue weighted by Gasteiger charge is -2.10. The van der Waals surface area contributed by atoms with Crippen molar-refractivity contribution in [3.63, 3.8) is 0 Å². The molecule has 6 nitrogen and oxygen atoms in total. The second-order valence-corrected chi connectivity index (χ2v) is 8.02. The zero-order chi connectivity index (χ0) is 22.3. The molecule has 0 N–H and O–H groups in total. The normalized spacial score (nSPS) is 12.8. The van der Waals surface area contributed by atoms with Crippen LogP contribution in [0.25, 0.3) is 17.1 Å². The molecule has 0 radical (unpaired) electrons. The molecule has 0 atom stereocenters. The van der Waals surface area contributed by atoms with Crippen molar-refractivity contribution in [1.82, 2.24) is 14.8 Å². The molecular weight excluding hydrogens is 440 g/mol. The third-order valence-corrected chi connectivity index (χ3v) is 4.84. The van der Waals surface area contributed by atoms with Crippen LogP contribution in [0, 0.1) is 0 Å². The summed E-state index contributed by atoms with van der Waals surface area (Å²) in [6.45, 7) is 0. The highest BCUT2D eigenvalue weighted by Crippen LogP contribution is 2.32. The van der Waals surface area contributed by atoms with Gasteiger partial charge in [-0.3, -0.25) is 0 Å². The van der Waals surface area contributed by atoms with Crippen molar-refractivity contribution in [2.45, 2.75) is 17.4 Å². The molecule has 0 spiro atoms. The van der Waals surface area contributed by atoms with E-state index < -0.39 is 33.9 Å². The minimum atomic E-state index is -4.92. The van der Waals surface area contributed by atoms with Gasteiger partial charge in [-0.15, -0.1) is 18.3 Å². The van der Waals surface area contributed by atoms with Gasteiger partial charge in [0, 0.05) is 11.8 Å². The molecule has 3 rings (SSSR count). The van der Waals surface area contributed by atoms with E-state index in [0.717, 1.165) is 35.2 Å². The highest BCUT2D eigenvalue weighted by Gasteiger charge is 2.37. The smallest absolute Gasteiger partial charge is 0.406 e. The van der Waals surface area contributed by atoms with Crippen LogP contribution in [0.5, 0.6) is 5.75 Å².